The maximum absolute atomic E-state index is 13.0. The first-order chi connectivity index (χ1) is 35.5. The average Bonchev–Trinajstić information content (AvgIpc) is 3.38. The molecule has 0 aromatic rings. The second kappa shape index (κ2) is 45.0. The highest BCUT2D eigenvalue weighted by atomic mass is 16.7. The fraction of sp³-hybridized carbons (Fsp3) is 0.897. The zero-order valence-electron chi connectivity index (χ0n) is 45.6. The SMILES string of the molecule is CCCC/C=C\C/C=C\CCCCCCCC(=O)OC(COC(=O)CCCCCCCCCCCCCCCCCCCCCCCCC)COC1OC(COC2OC(CO)C(O)C(O)C2O)C(O)C(O)C1O. The predicted molar refractivity (Wildman–Crippen MR) is 284 cm³/mol. The summed E-state index contributed by atoms with van der Waals surface area (Å²) in [6, 6.07) is 0. The number of ether oxygens (including phenoxy) is 6. The Bertz CT molecular complexity index is 1360. The summed E-state index contributed by atoms with van der Waals surface area (Å²) in [7, 11) is 0. The van der Waals surface area contributed by atoms with E-state index >= 15 is 0 Å². The number of carbonyl (C=O) groups excluding carboxylic acids is 2. The number of allylic oxidation sites excluding steroid dienone is 4. The fourth-order valence-electron chi connectivity index (χ4n) is 9.35. The molecule has 15 heteroatoms. The van der Waals surface area contributed by atoms with Crippen LogP contribution in [0.3, 0.4) is 0 Å². The van der Waals surface area contributed by atoms with Crippen LogP contribution in [0.4, 0.5) is 0 Å². The molecule has 0 radical (unpaired) electrons. The van der Waals surface area contributed by atoms with Crippen LogP contribution in [0.25, 0.3) is 0 Å². The third-order valence-corrected chi connectivity index (χ3v) is 14.2. The number of hydrogen-bond donors (Lipinski definition) is 7. The summed E-state index contributed by atoms with van der Waals surface area (Å²) in [5.41, 5.74) is 0. The second-order valence-corrected chi connectivity index (χ2v) is 20.8. The van der Waals surface area contributed by atoms with E-state index in [1.807, 2.05) is 0 Å². The topological polar surface area (TPSA) is 231 Å². The lowest BCUT2D eigenvalue weighted by molar-refractivity contribution is -0.332. The molecule has 0 aliphatic carbocycles. The van der Waals surface area contributed by atoms with E-state index in [2.05, 4.69) is 38.2 Å². The van der Waals surface area contributed by atoms with Gasteiger partial charge in [-0.15, -0.1) is 0 Å². The van der Waals surface area contributed by atoms with Crippen LogP contribution in [-0.4, -0.2) is 142 Å². The van der Waals surface area contributed by atoms with Gasteiger partial charge in [-0.05, 0) is 38.5 Å². The van der Waals surface area contributed by atoms with Gasteiger partial charge < -0.3 is 64.2 Å². The van der Waals surface area contributed by atoms with Gasteiger partial charge >= 0.3 is 11.9 Å². The summed E-state index contributed by atoms with van der Waals surface area (Å²) in [5, 5.41) is 72.2. The van der Waals surface area contributed by atoms with Gasteiger partial charge in [0, 0.05) is 12.8 Å². The van der Waals surface area contributed by atoms with E-state index < -0.39 is 92.7 Å². The van der Waals surface area contributed by atoms with Crippen LogP contribution in [0.5, 0.6) is 0 Å². The first-order valence-electron chi connectivity index (χ1n) is 29.4. The molecular weight excluding hydrogens is 937 g/mol. The van der Waals surface area contributed by atoms with Crippen LogP contribution >= 0.6 is 0 Å². The molecule has 15 nitrogen and oxygen atoms in total. The Labute approximate surface area is 441 Å². The third-order valence-electron chi connectivity index (χ3n) is 14.2. The molecule has 428 valence electrons. The van der Waals surface area contributed by atoms with Gasteiger partial charge in [-0.25, -0.2) is 0 Å². The second-order valence-electron chi connectivity index (χ2n) is 20.8. The summed E-state index contributed by atoms with van der Waals surface area (Å²) in [6.07, 6.45) is 32.1. The van der Waals surface area contributed by atoms with Crippen molar-refractivity contribution >= 4 is 11.9 Å². The van der Waals surface area contributed by atoms with E-state index in [4.69, 9.17) is 28.4 Å². The van der Waals surface area contributed by atoms with E-state index in [1.165, 1.54) is 135 Å². The molecule has 2 saturated heterocycles. The standard InChI is InChI=1S/C58H106O15/c1-3-5-7-9-11-13-15-17-19-20-21-22-23-24-25-26-27-29-30-32-34-36-38-40-49(60)68-43-46(71-50(61)41-39-37-35-33-31-28-18-16-14-12-10-8-6-4-2)44-69-57-56(67)54(65)52(63)48(73-57)45-70-58-55(66)53(64)51(62)47(42-59)72-58/h10,12,16,18,46-48,51-59,62-67H,3-9,11,13-15,17,19-45H2,1-2H3/b12-10-,18-16-. The molecule has 0 spiro atoms. The van der Waals surface area contributed by atoms with Crippen molar-refractivity contribution < 1.29 is 73.8 Å². The van der Waals surface area contributed by atoms with Crippen LogP contribution in [0, 0.1) is 0 Å². The lowest BCUT2D eigenvalue weighted by Crippen LogP contribution is -2.61. The van der Waals surface area contributed by atoms with Gasteiger partial charge in [0.15, 0.2) is 18.7 Å². The smallest absolute Gasteiger partial charge is 0.306 e. The minimum Gasteiger partial charge on any atom is -0.462 e. The van der Waals surface area contributed by atoms with Crippen molar-refractivity contribution in [1.29, 1.82) is 0 Å². The van der Waals surface area contributed by atoms with Crippen LogP contribution in [-0.2, 0) is 38.0 Å². The van der Waals surface area contributed by atoms with Gasteiger partial charge in [-0.1, -0.05) is 212 Å². The Morgan fingerprint density at radius 2 is 0.836 bits per heavy atom. The molecule has 2 rings (SSSR count). The lowest BCUT2D eigenvalue weighted by Gasteiger charge is -2.42. The summed E-state index contributed by atoms with van der Waals surface area (Å²) >= 11 is 0. The Morgan fingerprint density at radius 1 is 0.438 bits per heavy atom. The molecule has 0 aromatic carbocycles. The number of aliphatic hydroxyl groups excluding tert-OH is 7. The first kappa shape index (κ1) is 67.1. The van der Waals surface area contributed by atoms with Crippen molar-refractivity contribution in [3.05, 3.63) is 24.3 Å². The number of unbranched alkanes of at least 4 members (excludes halogenated alkanes) is 29. The summed E-state index contributed by atoms with van der Waals surface area (Å²) in [5.74, 6) is -0.929. The zero-order chi connectivity index (χ0) is 53.2. The van der Waals surface area contributed by atoms with Gasteiger partial charge in [-0.3, -0.25) is 9.59 Å². The number of rotatable bonds is 47. The van der Waals surface area contributed by atoms with Crippen LogP contribution in [0.15, 0.2) is 24.3 Å². The maximum atomic E-state index is 13.0. The number of aliphatic hydroxyl groups is 7. The molecular formula is C58H106O15. The van der Waals surface area contributed by atoms with Crippen LogP contribution < -0.4 is 0 Å². The lowest BCUT2D eigenvalue weighted by atomic mass is 9.98. The monoisotopic (exact) mass is 1040 g/mol. The predicted octanol–water partition coefficient (Wildman–Crippen LogP) is 9.89. The molecule has 0 amide bonds. The molecule has 11 unspecified atom stereocenters. The van der Waals surface area contributed by atoms with Crippen LogP contribution in [0.1, 0.15) is 239 Å². The maximum Gasteiger partial charge on any atom is 0.306 e. The minimum atomic E-state index is -1.77. The highest BCUT2D eigenvalue weighted by molar-refractivity contribution is 5.70. The highest BCUT2D eigenvalue weighted by Crippen LogP contribution is 2.27. The molecule has 2 aliphatic heterocycles. The zero-order valence-corrected chi connectivity index (χ0v) is 45.6. The summed E-state index contributed by atoms with van der Waals surface area (Å²) in [4.78, 5) is 25.9. The van der Waals surface area contributed by atoms with Gasteiger partial charge in [0.2, 0.25) is 0 Å². The fourth-order valence-corrected chi connectivity index (χ4v) is 9.35. The van der Waals surface area contributed by atoms with E-state index in [0.29, 0.717) is 12.8 Å². The molecule has 7 N–H and O–H groups in total. The van der Waals surface area contributed by atoms with Crippen molar-refractivity contribution in [2.45, 2.75) is 306 Å². The molecule has 73 heavy (non-hydrogen) atoms. The normalized spacial score (nSPS) is 24.9. The highest BCUT2D eigenvalue weighted by Gasteiger charge is 2.47. The van der Waals surface area contributed by atoms with Crippen molar-refractivity contribution in [3.8, 4) is 0 Å². The Morgan fingerprint density at radius 3 is 1.32 bits per heavy atom. The average molecular weight is 1040 g/mol. The van der Waals surface area contributed by atoms with Crippen LogP contribution in [0.2, 0.25) is 0 Å². The van der Waals surface area contributed by atoms with Gasteiger partial charge in [0.05, 0.1) is 19.8 Å². The molecule has 2 aliphatic rings. The number of hydrogen-bond acceptors (Lipinski definition) is 15. The van der Waals surface area contributed by atoms with Crippen molar-refractivity contribution in [2.75, 3.05) is 26.4 Å². The van der Waals surface area contributed by atoms with Crippen molar-refractivity contribution in [3.63, 3.8) is 0 Å². The number of esters is 2. The van der Waals surface area contributed by atoms with Gasteiger partial charge in [-0.2, -0.15) is 0 Å². The van der Waals surface area contributed by atoms with E-state index in [-0.39, 0.29) is 26.1 Å². The first-order valence-corrected chi connectivity index (χ1v) is 29.4. The number of carbonyl (C=O) groups is 2. The van der Waals surface area contributed by atoms with E-state index in [0.717, 1.165) is 64.2 Å². The van der Waals surface area contributed by atoms with E-state index in [1.54, 1.807) is 0 Å². The van der Waals surface area contributed by atoms with Crippen molar-refractivity contribution in [1.82, 2.24) is 0 Å². The molecule has 0 saturated carbocycles. The Hall–Kier alpha value is -2.02. The van der Waals surface area contributed by atoms with Gasteiger partial charge in [0.25, 0.3) is 0 Å². The molecule has 2 heterocycles. The van der Waals surface area contributed by atoms with Crippen molar-refractivity contribution in [2.24, 2.45) is 0 Å². The quantitative estimate of drug-likeness (QED) is 0.0171. The molecule has 2 fully saturated rings. The third kappa shape index (κ3) is 32.4. The van der Waals surface area contributed by atoms with E-state index in [9.17, 15) is 45.3 Å². The molecule has 11 atom stereocenters. The minimum absolute atomic E-state index is 0.152. The summed E-state index contributed by atoms with van der Waals surface area (Å²) in [6.45, 7) is 2.58. The van der Waals surface area contributed by atoms with Gasteiger partial charge in [0.1, 0.15) is 55.4 Å². The Balaban J connectivity index is 1.71. The largest absolute Gasteiger partial charge is 0.462 e. The molecule has 0 aromatic heterocycles. The molecule has 0 bridgehead atoms. The Kier molecular flexibility index (Phi) is 41.4. The summed E-state index contributed by atoms with van der Waals surface area (Å²) < 4.78 is 33.7.